The lowest BCUT2D eigenvalue weighted by Gasteiger charge is -2.04. The normalized spacial score (nSPS) is 9.50. The van der Waals surface area contributed by atoms with Crippen LogP contribution in [0.4, 0.5) is 0 Å². The molecule has 2 aromatic rings. The van der Waals surface area contributed by atoms with Crippen LogP contribution in [0, 0.1) is 12.3 Å². The molecule has 0 N–H and O–H groups in total. The van der Waals surface area contributed by atoms with E-state index in [1.165, 1.54) is 0 Å². The van der Waals surface area contributed by atoms with Crippen molar-refractivity contribution in [3.63, 3.8) is 0 Å². The van der Waals surface area contributed by atoms with Gasteiger partial charge in [0.1, 0.15) is 11.4 Å². The summed E-state index contributed by atoms with van der Waals surface area (Å²) in [6, 6.07) is 13.4. The number of aromatic nitrogens is 1. The highest BCUT2D eigenvalue weighted by molar-refractivity contribution is 5.61. The van der Waals surface area contributed by atoms with Gasteiger partial charge in [-0.3, -0.25) is 0 Å². The van der Waals surface area contributed by atoms with Gasteiger partial charge in [0.05, 0.1) is 12.8 Å². The van der Waals surface area contributed by atoms with Crippen LogP contribution in [0.3, 0.4) is 0 Å². The van der Waals surface area contributed by atoms with E-state index in [2.05, 4.69) is 10.9 Å². The van der Waals surface area contributed by atoms with Crippen LogP contribution in [0.2, 0.25) is 0 Å². The molecule has 0 saturated carbocycles. The minimum Gasteiger partial charge on any atom is -0.497 e. The molecule has 0 spiro atoms. The topological polar surface area (TPSA) is 22.1 Å². The van der Waals surface area contributed by atoms with E-state index in [0.29, 0.717) is 5.69 Å². The molecule has 0 fully saturated rings. The highest BCUT2D eigenvalue weighted by Crippen LogP contribution is 2.21. The Labute approximate surface area is 94.9 Å². The van der Waals surface area contributed by atoms with E-state index in [9.17, 15) is 0 Å². The highest BCUT2D eigenvalue weighted by Gasteiger charge is 2.01. The summed E-state index contributed by atoms with van der Waals surface area (Å²) in [4.78, 5) is 4.35. The van der Waals surface area contributed by atoms with Crippen molar-refractivity contribution < 1.29 is 4.74 Å². The van der Waals surface area contributed by atoms with E-state index in [1.807, 2.05) is 42.5 Å². The SMILES string of the molecule is C#Cc1cccc(-c2cccc(OC)c2)n1. The second-order valence-electron chi connectivity index (χ2n) is 3.28. The van der Waals surface area contributed by atoms with E-state index < -0.39 is 0 Å². The van der Waals surface area contributed by atoms with Crippen LogP contribution >= 0.6 is 0 Å². The van der Waals surface area contributed by atoms with Gasteiger partial charge < -0.3 is 4.74 Å². The zero-order chi connectivity index (χ0) is 11.4. The van der Waals surface area contributed by atoms with Crippen LogP contribution in [-0.2, 0) is 0 Å². The Morgan fingerprint density at radius 3 is 2.75 bits per heavy atom. The number of rotatable bonds is 2. The number of terminal acetylenes is 1. The molecule has 0 atom stereocenters. The summed E-state index contributed by atoms with van der Waals surface area (Å²) < 4.78 is 5.16. The van der Waals surface area contributed by atoms with Gasteiger partial charge in [0.25, 0.3) is 0 Å². The van der Waals surface area contributed by atoms with E-state index in [1.54, 1.807) is 7.11 Å². The highest BCUT2D eigenvalue weighted by atomic mass is 16.5. The van der Waals surface area contributed by atoms with Crippen molar-refractivity contribution in [2.24, 2.45) is 0 Å². The van der Waals surface area contributed by atoms with Gasteiger partial charge in [-0.2, -0.15) is 0 Å². The number of hydrogen-bond donors (Lipinski definition) is 0. The molecule has 0 aliphatic heterocycles. The fourth-order valence-electron chi connectivity index (χ4n) is 1.46. The van der Waals surface area contributed by atoms with Crippen LogP contribution in [0.5, 0.6) is 5.75 Å². The summed E-state index contributed by atoms with van der Waals surface area (Å²) in [5, 5.41) is 0. The zero-order valence-corrected chi connectivity index (χ0v) is 8.97. The van der Waals surface area contributed by atoms with Crippen molar-refractivity contribution in [2.75, 3.05) is 7.11 Å². The van der Waals surface area contributed by atoms with Crippen molar-refractivity contribution in [3.05, 3.63) is 48.2 Å². The third kappa shape index (κ3) is 2.04. The fraction of sp³-hybridized carbons (Fsp3) is 0.0714. The quantitative estimate of drug-likeness (QED) is 0.709. The maximum Gasteiger partial charge on any atom is 0.119 e. The van der Waals surface area contributed by atoms with Crippen molar-refractivity contribution in [2.45, 2.75) is 0 Å². The molecule has 0 amide bonds. The first kappa shape index (κ1) is 10.3. The number of pyridine rings is 1. The Morgan fingerprint density at radius 2 is 2.00 bits per heavy atom. The largest absolute Gasteiger partial charge is 0.497 e. The predicted octanol–water partition coefficient (Wildman–Crippen LogP) is 2.74. The molecule has 16 heavy (non-hydrogen) atoms. The number of hydrogen-bond acceptors (Lipinski definition) is 2. The van der Waals surface area contributed by atoms with E-state index in [4.69, 9.17) is 11.2 Å². The molecule has 1 heterocycles. The maximum absolute atomic E-state index is 5.32. The molecule has 0 radical (unpaired) electrons. The smallest absolute Gasteiger partial charge is 0.119 e. The minimum absolute atomic E-state index is 0.639. The molecule has 2 nitrogen and oxygen atoms in total. The number of methoxy groups -OCH3 is 1. The van der Waals surface area contributed by atoms with Crippen molar-refractivity contribution in [3.8, 4) is 29.4 Å². The fourth-order valence-corrected chi connectivity index (χ4v) is 1.46. The lowest BCUT2D eigenvalue weighted by atomic mass is 10.1. The average Bonchev–Trinajstić information content (AvgIpc) is 2.39. The summed E-state index contributed by atoms with van der Waals surface area (Å²) in [6.07, 6.45) is 5.32. The molecule has 0 aliphatic rings. The molecule has 1 aromatic carbocycles. The first-order valence-electron chi connectivity index (χ1n) is 4.91. The summed E-state index contributed by atoms with van der Waals surface area (Å²) in [6.45, 7) is 0. The van der Waals surface area contributed by atoms with Gasteiger partial charge >= 0.3 is 0 Å². The molecule has 0 unspecified atom stereocenters. The van der Waals surface area contributed by atoms with Crippen molar-refractivity contribution in [1.82, 2.24) is 4.98 Å². The number of nitrogens with zero attached hydrogens (tertiary/aromatic N) is 1. The van der Waals surface area contributed by atoms with Gasteiger partial charge in [-0.25, -0.2) is 4.98 Å². The van der Waals surface area contributed by atoms with Gasteiger partial charge in [-0.15, -0.1) is 6.42 Å². The molecular formula is C14H11NO. The molecule has 78 valence electrons. The molecule has 0 saturated heterocycles. The van der Waals surface area contributed by atoms with E-state index >= 15 is 0 Å². The molecular weight excluding hydrogens is 198 g/mol. The van der Waals surface area contributed by atoms with Gasteiger partial charge in [0.15, 0.2) is 0 Å². The van der Waals surface area contributed by atoms with Crippen LogP contribution in [0.15, 0.2) is 42.5 Å². The molecule has 2 heteroatoms. The summed E-state index contributed by atoms with van der Waals surface area (Å²) >= 11 is 0. The van der Waals surface area contributed by atoms with Gasteiger partial charge in [-0.05, 0) is 24.3 Å². The minimum atomic E-state index is 0.639. The second-order valence-corrected chi connectivity index (χ2v) is 3.28. The summed E-state index contributed by atoms with van der Waals surface area (Å²) in [7, 11) is 1.64. The van der Waals surface area contributed by atoms with Crippen molar-refractivity contribution in [1.29, 1.82) is 0 Å². The van der Waals surface area contributed by atoms with Crippen LogP contribution in [-0.4, -0.2) is 12.1 Å². The average molecular weight is 209 g/mol. The number of benzene rings is 1. The van der Waals surface area contributed by atoms with Gasteiger partial charge in [-0.1, -0.05) is 24.1 Å². The second kappa shape index (κ2) is 4.50. The first-order chi connectivity index (χ1) is 7.83. The third-order valence-corrected chi connectivity index (χ3v) is 2.26. The molecule has 2 rings (SSSR count). The summed E-state index contributed by atoms with van der Waals surface area (Å²) in [5.74, 6) is 3.33. The lowest BCUT2D eigenvalue weighted by molar-refractivity contribution is 0.415. The maximum atomic E-state index is 5.32. The van der Waals surface area contributed by atoms with E-state index in [-0.39, 0.29) is 0 Å². The molecule has 1 aromatic heterocycles. The van der Waals surface area contributed by atoms with Crippen LogP contribution in [0.1, 0.15) is 5.69 Å². The Bertz CT molecular complexity index is 540. The Hall–Kier alpha value is -2.27. The van der Waals surface area contributed by atoms with Gasteiger partial charge in [0, 0.05) is 5.56 Å². The van der Waals surface area contributed by atoms with Crippen molar-refractivity contribution >= 4 is 0 Å². The van der Waals surface area contributed by atoms with Crippen LogP contribution < -0.4 is 4.74 Å². The number of ether oxygens (including phenoxy) is 1. The van der Waals surface area contributed by atoms with E-state index in [0.717, 1.165) is 17.0 Å². The standard InChI is InChI=1S/C14H11NO/c1-3-12-7-5-9-14(15-12)11-6-4-8-13(10-11)16-2/h1,4-10H,2H3. The summed E-state index contributed by atoms with van der Waals surface area (Å²) in [5.41, 5.74) is 2.49. The monoisotopic (exact) mass is 209 g/mol. The Morgan fingerprint density at radius 1 is 1.19 bits per heavy atom. The van der Waals surface area contributed by atoms with Crippen LogP contribution in [0.25, 0.3) is 11.3 Å². The molecule has 0 aliphatic carbocycles. The lowest BCUT2D eigenvalue weighted by Crippen LogP contribution is -1.88. The zero-order valence-electron chi connectivity index (χ0n) is 8.97. The first-order valence-corrected chi connectivity index (χ1v) is 4.91. The Balaban J connectivity index is 2.46. The Kier molecular flexibility index (Phi) is 2.88. The predicted molar refractivity (Wildman–Crippen MR) is 64.2 cm³/mol. The molecule has 0 bridgehead atoms. The van der Waals surface area contributed by atoms with Gasteiger partial charge in [0.2, 0.25) is 0 Å². The third-order valence-electron chi connectivity index (χ3n) is 2.26.